The number of amides is 2. The van der Waals surface area contributed by atoms with Crippen molar-refractivity contribution in [1.82, 2.24) is 9.97 Å². The van der Waals surface area contributed by atoms with E-state index in [-0.39, 0.29) is 18.2 Å². The summed E-state index contributed by atoms with van der Waals surface area (Å²) in [6.45, 7) is 4.41. The highest BCUT2D eigenvalue weighted by Gasteiger charge is 2.35. The number of aromatic nitrogens is 2. The van der Waals surface area contributed by atoms with Crippen molar-refractivity contribution in [2.45, 2.75) is 20.3 Å². The minimum absolute atomic E-state index is 0.0436. The van der Waals surface area contributed by atoms with E-state index < -0.39 is 5.92 Å². The standard InChI is InChI=1S/C27H22N4O2S2/c1-15-3-9-21-24(11-15)35-27(30-21)17-4-6-19(7-5-17)29-26(33)18-12-25(32)31(14-18)20-8-10-23-22(13-20)28-16(2)34-23/h3-11,13,18H,12,14H2,1-2H3,(H,29,33). The second-order valence-corrected chi connectivity index (χ2v) is 11.1. The van der Waals surface area contributed by atoms with Crippen LogP contribution in [0.25, 0.3) is 31.0 Å². The summed E-state index contributed by atoms with van der Waals surface area (Å²) in [6.07, 6.45) is 0.198. The van der Waals surface area contributed by atoms with Crippen molar-refractivity contribution in [3.05, 3.63) is 71.2 Å². The molecule has 5 aromatic rings. The fraction of sp³-hybridized carbons (Fsp3) is 0.185. The maximum absolute atomic E-state index is 12.9. The largest absolute Gasteiger partial charge is 0.326 e. The third-order valence-electron chi connectivity index (χ3n) is 6.23. The van der Waals surface area contributed by atoms with Crippen LogP contribution in [0.15, 0.2) is 60.7 Å². The minimum Gasteiger partial charge on any atom is -0.326 e. The van der Waals surface area contributed by atoms with Crippen LogP contribution in [0.2, 0.25) is 0 Å². The average Bonchev–Trinajstić information content (AvgIpc) is 3.54. The van der Waals surface area contributed by atoms with Gasteiger partial charge >= 0.3 is 0 Å². The molecule has 6 rings (SSSR count). The van der Waals surface area contributed by atoms with Gasteiger partial charge in [0.2, 0.25) is 11.8 Å². The maximum atomic E-state index is 12.9. The molecule has 1 aliphatic heterocycles. The summed E-state index contributed by atoms with van der Waals surface area (Å²) in [4.78, 5) is 36.6. The van der Waals surface area contributed by atoms with Crippen LogP contribution in [-0.2, 0) is 9.59 Å². The number of nitrogens with one attached hydrogen (secondary N) is 1. The summed E-state index contributed by atoms with van der Waals surface area (Å²) in [7, 11) is 0. The monoisotopic (exact) mass is 498 g/mol. The number of aryl methyl sites for hydroxylation is 2. The van der Waals surface area contributed by atoms with Crippen LogP contribution >= 0.6 is 22.7 Å². The van der Waals surface area contributed by atoms with Crippen molar-refractivity contribution in [3.63, 3.8) is 0 Å². The van der Waals surface area contributed by atoms with Gasteiger partial charge in [-0.2, -0.15) is 0 Å². The van der Waals surface area contributed by atoms with Gasteiger partial charge in [0.25, 0.3) is 0 Å². The second-order valence-electron chi connectivity index (χ2n) is 8.85. The first kappa shape index (κ1) is 21.9. The van der Waals surface area contributed by atoms with Crippen LogP contribution in [0.3, 0.4) is 0 Å². The fourth-order valence-corrected chi connectivity index (χ4v) is 6.30. The van der Waals surface area contributed by atoms with Gasteiger partial charge in [0.05, 0.1) is 31.4 Å². The van der Waals surface area contributed by atoms with Gasteiger partial charge in [-0.15, -0.1) is 22.7 Å². The van der Waals surface area contributed by atoms with Crippen molar-refractivity contribution >= 4 is 66.3 Å². The van der Waals surface area contributed by atoms with E-state index in [4.69, 9.17) is 4.98 Å². The van der Waals surface area contributed by atoms with Crippen LogP contribution in [0, 0.1) is 19.8 Å². The highest BCUT2D eigenvalue weighted by atomic mass is 32.1. The Hall–Kier alpha value is -3.62. The Morgan fingerprint density at radius 3 is 2.60 bits per heavy atom. The molecule has 6 nitrogen and oxygen atoms in total. The molecule has 3 heterocycles. The average molecular weight is 499 g/mol. The molecule has 2 aromatic heterocycles. The summed E-state index contributed by atoms with van der Waals surface area (Å²) in [6, 6.07) is 19.8. The number of nitrogens with zero attached hydrogens (tertiary/aromatic N) is 3. The van der Waals surface area contributed by atoms with E-state index in [9.17, 15) is 9.59 Å². The molecule has 35 heavy (non-hydrogen) atoms. The summed E-state index contributed by atoms with van der Waals surface area (Å²) >= 11 is 3.29. The number of hydrogen-bond donors (Lipinski definition) is 1. The van der Waals surface area contributed by atoms with Crippen LogP contribution < -0.4 is 10.2 Å². The fourth-order valence-electron chi connectivity index (χ4n) is 4.43. The van der Waals surface area contributed by atoms with Crippen LogP contribution in [0.5, 0.6) is 0 Å². The molecule has 0 aliphatic carbocycles. The van der Waals surface area contributed by atoms with Gasteiger partial charge in [-0.1, -0.05) is 6.07 Å². The molecule has 174 valence electrons. The van der Waals surface area contributed by atoms with Gasteiger partial charge in [-0.05, 0) is 74.0 Å². The number of rotatable bonds is 4. The lowest BCUT2D eigenvalue weighted by Crippen LogP contribution is -2.28. The molecule has 2 amide bonds. The van der Waals surface area contributed by atoms with Crippen molar-refractivity contribution in [2.24, 2.45) is 5.92 Å². The Kier molecular flexibility index (Phi) is 5.35. The zero-order valence-electron chi connectivity index (χ0n) is 19.2. The first-order valence-electron chi connectivity index (χ1n) is 11.4. The number of carbonyl (C=O) groups excluding carboxylic acids is 2. The normalized spacial score (nSPS) is 15.9. The second kappa shape index (κ2) is 8.55. The topological polar surface area (TPSA) is 75.2 Å². The van der Waals surface area contributed by atoms with Gasteiger partial charge in [0, 0.05) is 29.9 Å². The number of benzene rings is 3. The number of carbonyl (C=O) groups is 2. The molecular formula is C27H22N4O2S2. The first-order chi connectivity index (χ1) is 16.9. The smallest absolute Gasteiger partial charge is 0.229 e. The van der Waals surface area contributed by atoms with E-state index in [1.165, 1.54) is 5.56 Å². The van der Waals surface area contributed by atoms with Gasteiger partial charge in [0.15, 0.2) is 0 Å². The van der Waals surface area contributed by atoms with E-state index in [1.54, 1.807) is 27.6 Å². The van der Waals surface area contributed by atoms with Crippen LogP contribution in [-0.4, -0.2) is 28.3 Å². The highest BCUT2D eigenvalue weighted by Crippen LogP contribution is 2.33. The molecule has 0 radical (unpaired) electrons. The predicted molar refractivity (Wildman–Crippen MR) is 143 cm³/mol. The molecule has 1 N–H and O–H groups in total. The van der Waals surface area contributed by atoms with E-state index in [2.05, 4.69) is 29.4 Å². The van der Waals surface area contributed by atoms with Gasteiger partial charge < -0.3 is 10.2 Å². The number of hydrogen-bond acceptors (Lipinski definition) is 6. The lowest BCUT2D eigenvalue weighted by Gasteiger charge is -2.16. The minimum atomic E-state index is -0.400. The Morgan fingerprint density at radius 2 is 1.77 bits per heavy atom. The summed E-state index contributed by atoms with van der Waals surface area (Å²) < 4.78 is 2.26. The molecule has 0 bridgehead atoms. The summed E-state index contributed by atoms with van der Waals surface area (Å²) in [5, 5.41) is 4.92. The number of thiazole rings is 2. The zero-order valence-corrected chi connectivity index (χ0v) is 20.9. The lowest BCUT2D eigenvalue weighted by atomic mass is 10.1. The third kappa shape index (κ3) is 4.19. The molecule has 1 aliphatic rings. The molecule has 1 fully saturated rings. The Bertz CT molecular complexity index is 1600. The molecule has 1 saturated heterocycles. The first-order valence-corrected chi connectivity index (χ1v) is 13.0. The van der Waals surface area contributed by atoms with Crippen molar-refractivity contribution in [3.8, 4) is 10.6 Å². The summed E-state index contributed by atoms with van der Waals surface area (Å²) in [5.74, 6) is -0.588. The number of fused-ring (bicyclic) bond motifs is 2. The van der Waals surface area contributed by atoms with Gasteiger partial charge in [-0.25, -0.2) is 9.97 Å². The molecule has 1 atom stereocenters. The van der Waals surface area contributed by atoms with Crippen molar-refractivity contribution < 1.29 is 9.59 Å². The maximum Gasteiger partial charge on any atom is 0.229 e. The molecule has 3 aromatic carbocycles. The Morgan fingerprint density at radius 1 is 0.943 bits per heavy atom. The SMILES string of the molecule is Cc1ccc2nc(-c3ccc(NC(=O)C4CC(=O)N(c5ccc6sc(C)nc6c5)C4)cc3)sc2c1. The van der Waals surface area contributed by atoms with Crippen LogP contribution in [0.1, 0.15) is 17.0 Å². The Labute approximate surface area is 210 Å². The van der Waals surface area contributed by atoms with E-state index in [0.29, 0.717) is 12.2 Å². The molecule has 8 heteroatoms. The molecular weight excluding hydrogens is 476 g/mol. The highest BCUT2D eigenvalue weighted by molar-refractivity contribution is 7.21. The Balaban J connectivity index is 1.14. The zero-order chi connectivity index (χ0) is 24.1. The van der Waals surface area contributed by atoms with E-state index in [1.807, 2.05) is 55.5 Å². The van der Waals surface area contributed by atoms with Crippen LogP contribution in [0.4, 0.5) is 11.4 Å². The molecule has 1 unspecified atom stereocenters. The third-order valence-corrected chi connectivity index (χ3v) is 8.25. The molecule has 0 spiro atoms. The summed E-state index contributed by atoms with van der Waals surface area (Å²) in [5.41, 5.74) is 5.60. The quantitative estimate of drug-likeness (QED) is 0.321. The van der Waals surface area contributed by atoms with Crippen molar-refractivity contribution in [1.29, 1.82) is 0 Å². The number of anilines is 2. The predicted octanol–water partition coefficient (Wildman–Crippen LogP) is 6.18. The van der Waals surface area contributed by atoms with E-state index >= 15 is 0 Å². The van der Waals surface area contributed by atoms with Gasteiger partial charge in [-0.3, -0.25) is 9.59 Å². The lowest BCUT2D eigenvalue weighted by molar-refractivity contribution is -0.122. The molecule has 0 saturated carbocycles. The van der Waals surface area contributed by atoms with E-state index in [0.717, 1.165) is 41.7 Å². The van der Waals surface area contributed by atoms with Crippen molar-refractivity contribution in [2.75, 3.05) is 16.8 Å². The van der Waals surface area contributed by atoms with Gasteiger partial charge in [0.1, 0.15) is 5.01 Å².